The highest BCUT2D eigenvalue weighted by Crippen LogP contribution is 2.33. The quantitative estimate of drug-likeness (QED) is 0.628. The molecule has 0 bridgehead atoms. The summed E-state index contributed by atoms with van der Waals surface area (Å²) in [7, 11) is 0. The van der Waals surface area contributed by atoms with E-state index in [4.69, 9.17) is 15.3 Å². The molecule has 3 N–H and O–H groups in total. The molecular formula is C13H14N4O2. The number of nitrogens with one attached hydrogen (secondary N) is 1. The number of fused-ring (bicyclic) bond motifs is 1. The number of anilines is 1. The van der Waals surface area contributed by atoms with Gasteiger partial charge >= 0.3 is 0 Å². The smallest absolute Gasteiger partial charge is 0.162 e. The van der Waals surface area contributed by atoms with Crippen molar-refractivity contribution in [1.82, 2.24) is 10.2 Å². The number of aromatic nitrogens is 2. The largest absolute Gasteiger partial charge is 0.490 e. The Balaban J connectivity index is 1.94. The van der Waals surface area contributed by atoms with E-state index in [0.717, 1.165) is 29.2 Å². The minimum Gasteiger partial charge on any atom is -0.490 e. The van der Waals surface area contributed by atoms with Crippen molar-refractivity contribution in [2.75, 3.05) is 18.6 Å². The van der Waals surface area contributed by atoms with Gasteiger partial charge in [0.2, 0.25) is 0 Å². The van der Waals surface area contributed by atoms with Gasteiger partial charge in [0.15, 0.2) is 17.3 Å². The van der Waals surface area contributed by atoms with Crippen molar-refractivity contribution in [2.24, 2.45) is 5.84 Å². The van der Waals surface area contributed by atoms with Gasteiger partial charge in [0.05, 0.1) is 18.9 Å². The van der Waals surface area contributed by atoms with E-state index in [1.165, 1.54) is 0 Å². The minimum absolute atomic E-state index is 0.526. The summed E-state index contributed by atoms with van der Waals surface area (Å²) >= 11 is 0. The number of benzene rings is 1. The molecule has 0 radical (unpaired) electrons. The van der Waals surface area contributed by atoms with E-state index in [9.17, 15) is 0 Å². The summed E-state index contributed by atoms with van der Waals surface area (Å²) in [5.41, 5.74) is 4.14. The van der Waals surface area contributed by atoms with Crippen molar-refractivity contribution in [1.29, 1.82) is 0 Å². The number of rotatable bonds is 2. The molecule has 0 saturated heterocycles. The lowest BCUT2D eigenvalue weighted by molar-refractivity contribution is 0.297. The lowest BCUT2D eigenvalue weighted by Crippen LogP contribution is -2.09. The molecule has 2 heterocycles. The van der Waals surface area contributed by atoms with E-state index in [-0.39, 0.29) is 0 Å². The van der Waals surface area contributed by atoms with Crippen molar-refractivity contribution in [3.63, 3.8) is 0 Å². The first-order valence-electron chi connectivity index (χ1n) is 6.07. The molecule has 0 amide bonds. The number of nitrogens with two attached hydrogens (primary N) is 1. The van der Waals surface area contributed by atoms with Crippen LogP contribution in [0.3, 0.4) is 0 Å². The molecule has 1 aromatic carbocycles. The van der Waals surface area contributed by atoms with Crippen LogP contribution in [0.2, 0.25) is 0 Å². The van der Waals surface area contributed by atoms with Crippen molar-refractivity contribution in [2.45, 2.75) is 6.42 Å². The van der Waals surface area contributed by atoms with Crippen LogP contribution < -0.4 is 20.7 Å². The number of nitrogens with zero attached hydrogens (tertiary/aromatic N) is 2. The molecule has 0 aliphatic carbocycles. The molecule has 1 aliphatic rings. The van der Waals surface area contributed by atoms with E-state index < -0.39 is 0 Å². The standard InChI is InChI=1S/C13H14N4O2/c14-15-13-5-3-10(16-17-13)9-2-4-11-12(8-9)19-7-1-6-18-11/h2-5,8H,1,6-7,14H2,(H,15,17). The van der Waals surface area contributed by atoms with Crippen molar-refractivity contribution in [3.8, 4) is 22.8 Å². The van der Waals surface area contributed by atoms with Crippen LogP contribution in [0.5, 0.6) is 11.5 Å². The lowest BCUT2D eigenvalue weighted by Gasteiger charge is -2.09. The summed E-state index contributed by atoms with van der Waals surface area (Å²) in [5, 5.41) is 8.05. The number of nitrogen functional groups attached to an aromatic ring is 1. The Morgan fingerprint density at radius 1 is 1.00 bits per heavy atom. The van der Waals surface area contributed by atoms with Gasteiger partial charge in [-0.1, -0.05) is 0 Å². The predicted octanol–water partition coefficient (Wildman–Crippen LogP) is 1.59. The van der Waals surface area contributed by atoms with Crippen LogP contribution in [0.1, 0.15) is 6.42 Å². The average Bonchev–Trinajstić information content (AvgIpc) is 2.72. The van der Waals surface area contributed by atoms with Crippen LogP contribution in [0, 0.1) is 0 Å². The fraction of sp³-hybridized carbons (Fsp3) is 0.231. The average molecular weight is 258 g/mol. The Bertz CT molecular complexity index is 571. The van der Waals surface area contributed by atoms with Gasteiger partial charge in [0, 0.05) is 12.0 Å². The second-order valence-electron chi connectivity index (χ2n) is 4.16. The minimum atomic E-state index is 0.526. The molecule has 98 valence electrons. The van der Waals surface area contributed by atoms with E-state index in [1.807, 2.05) is 24.3 Å². The van der Waals surface area contributed by atoms with Gasteiger partial charge in [-0.2, -0.15) is 0 Å². The highest BCUT2D eigenvalue weighted by Gasteiger charge is 2.12. The van der Waals surface area contributed by atoms with Crippen LogP contribution >= 0.6 is 0 Å². The monoisotopic (exact) mass is 258 g/mol. The fourth-order valence-corrected chi connectivity index (χ4v) is 1.89. The SMILES string of the molecule is NNc1ccc(-c2ccc3c(c2)OCCCO3)nn1. The Morgan fingerprint density at radius 3 is 2.58 bits per heavy atom. The number of hydrogen-bond acceptors (Lipinski definition) is 6. The van der Waals surface area contributed by atoms with Crippen LogP contribution in [-0.2, 0) is 0 Å². The zero-order chi connectivity index (χ0) is 13.1. The van der Waals surface area contributed by atoms with Gasteiger partial charge in [-0.25, -0.2) is 5.84 Å². The van der Waals surface area contributed by atoms with Crippen LogP contribution in [0.25, 0.3) is 11.3 Å². The molecular weight excluding hydrogens is 244 g/mol. The Kier molecular flexibility index (Phi) is 3.16. The van der Waals surface area contributed by atoms with Gasteiger partial charge < -0.3 is 14.9 Å². The van der Waals surface area contributed by atoms with Gasteiger partial charge in [-0.15, -0.1) is 10.2 Å². The molecule has 0 saturated carbocycles. The topological polar surface area (TPSA) is 82.3 Å². The molecule has 19 heavy (non-hydrogen) atoms. The molecule has 6 heteroatoms. The normalized spacial score (nSPS) is 13.7. The Morgan fingerprint density at radius 2 is 1.84 bits per heavy atom. The molecule has 3 rings (SSSR count). The summed E-state index contributed by atoms with van der Waals surface area (Å²) in [4.78, 5) is 0. The summed E-state index contributed by atoms with van der Waals surface area (Å²) in [5.74, 6) is 7.30. The lowest BCUT2D eigenvalue weighted by atomic mass is 10.1. The number of ether oxygens (including phenoxy) is 2. The second kappa shape index (κ2) is 5.11. The van der Waals surface area contributed by atoms with Gasteiger partial charge in [0.1, 0.15) is 0 Å². The van der Waals surface area contributed by atoms with Crippen LogP contribution in [-0.4, -0.2) is 23.4 Å². The molecule has 0 unspecified atom stereocenters. The summed E-state index contributed by atoms with van der Waals surface area (Å²) in [6.45, 7) is 1.35. The van der Waals surface area contributed by atoms with Crippen molar-refractivity contribution >= 4 is 5.82 Å². The Hall–Kier alpha value is -2.34. The van der Waals surface area contributed by atoms with E-state index in [1.54, 1.807) is 6.07 Å². The number of hydrazine groups is 1. The first-order valence-corrected chi connectivity index (χ1v) is 6.07. The summed E-state index contributed by atoms with van der Waals surface area (Å²) < 4.78 is 11.2. The molecule has 6 nitrogen and oxygen atoms in total. The third-order valence-electron chi connectivity index (χ3n) is 2.86. The highest BCUT2D eigenvalue weighted by atomic mass is 16.5. The molecule has 0 fully saturated rings. The molecule has 0 atom stereocenters. The third-order valence-corrected chi connectivity index (χ3v) is 2.86. The first kappa shape index (κ1) is 11.7. The Labute approximate surface area is 110 Å². The molecule has 1 aliphatic heterocycles. The number of hydrogen-bond donors (Lipinski definition) is 2. The fourth-order valence-electron chi connectivity index (χ4n) is 1.89. The zero-order valence-corrected chi connectivity index (χ0v) is 10.3. The van der Waals surface area contributed by atoms with E-state index in [0.29, 0.717) is 19.0 Å². The van der Waals surface area contributed by atoms with Crippen LogP contribution in [0.15, 0.2) is 30.3 Å². The van der Waals surface area contributed by atoms with Crippen molar-refractivity contribution < 1.29 is 9.47 Å². The molecule has 2 aromatic rings. The summed E-state index contributed by atoms with van der Waals surface area (Å²) in [6.07, 6.45) is 0.890. The van der Waals surface area contributed by atoms with Gasteiger partial charge in [0.25, 0.3) is 0 Å². The molecule has 0 spiro atoms. The first-order chi connectivity index (χ1) is 9.36. The van der Waals surface area contributed by atoms with Gasteiger partial charge in [-0.05, 0) is 30.3 Å². The molecule has 1 aromatic heterocycles. The maximum Gasteiger partial charge on any atom is 0.162 e. The maximum atomic E-state index is 5.65. The zero-order valence-electron chi connectivity index (χ0n) is 10.3. The maximum absolute atomic E-state index is 5.65. The third kappa shape index (κ3) is 2.43. The highest BCUT2D eigenvalue weighted by molar-refractivity contribution is 5.64. The van der Waals surface area contributed by atoms with Gasteiger partial charge in [-0.3, -0.25) is 0 Å². The predicted molar refractivity (Wildman–Crippen MR) is 70.9 cm³/mol. The summed E-state index contributed by atoms with van der Waals surface area (Å²) in [6, 6.07) is 9.37. The van der Waals surface area contributed by atoms with E-state index in [2.05, 4.69) is 15.6 Å². The van der Waals surface area contributed by atoms with E-state index >= 15 is 0 Å². The second-order valence-corrected chi connectivity index (χ2v) is 4.16. The van der Waals surface area contributed by atoms with Crippen molar-refractivity contribution in [3.05, 3.63) is 30.3 Å². The van der Waals surface area contributed by atoms with Crippen LogP contribution in [0.4, 0.5) is 5.82 Å².